The van der Waals surface area contributed by atoms with Gasteiger partial charge in [-0.2, -0.15) is 0 Å². The zero-order valence-electron chi connectivity index (χ0n) is 17.7. The van der Waals surface area contributed by atoms with Crippen LogP contribution in [0.1, 0.15) is 29.7 Å². The van der Waals surface area contributed by atoms with Crippen LogP contribution in [0.25, 0.3) is 0 Å². The molecule has 0 aliphatic heterocycles. The SMILES string of the molecule is CCO[C@H](C(=O)NCc1ccc(C(=N)N)cc1)c1c(F)cc(Oc2cccnc2)cc1F.Cl. The number of amidine groups is 1. The zero-order valence-corrected chi connectivity index (χ0v) is 18.5. The third kappa shape index (κ3) is 6.71. The van der Waals surface area contributed by atoms with Gasteiger partial charge < -0.3 is 20.5 Å². The molecule has 1 heterocycles. The van der Waals surface area contributed by atoms with E-state index in [0.717, 1.165) is 17.7 Å². The lowest BCUT2D eigenvalue weighted by atomic mass is 10.1. The maximum Gasteiger partial charge on any atom is 0.254 e. The molecule has 0 fully saturated rings. The highest BCUT2D eigenvalue weighted by atomic mass is 35.5. The third-order valence-electron chi connectivity index (χ3n) is 4.49. The molecule has 33 heavy (non-hydrogen) atoms. The molecule has 3 aromatic rings. The summed E-state index contributed by atoms with van der Waals surface area (Å²) >= 11 is 0. The molecule has 0 saturated heterocycles. The Bertz CT molecular complexity index is 1080. The average molecular weight is 477 g/mol. The zero-order chi connectivity index (χ0) is 23.1. The van der Waals surface area contributed by atoms with Gasteiger partial charge >= 0.3 is 0 Å². The fourth-order valence-electron chi connectivity index (χ4n) is 2.95. The van der Waals surface area contributed by atoms with Gasteiger partial charge in [0.25, 0.3) is 5.91 Å². The quantitative estimate of drug-likeness (QED) is 0.316. The maximum atomic E-state index is 14.8. The van der Waals surface area contributed by atoms with Crippen LogP contribution in [0.3, 0.4) is 0 Å². The van der Waals surface area contributed by atoms with E-state index in [1.54, 1.807) is 49.5 Å². The molecule has 7 nitrogen and oxygen atoms in total. The average Bonchev–Trinajstić information content (AvgIpc) is 2.77. The summed E-state index contributed by atoms with van der Waals surface area (Å²) < 4.78 is 40.4. The van der Waals surface area contributed by atoms with Crippen LogP contribution >= 0.6 is 12.4 Å². The highest BCUT2D eigenvalue weighted by molar-refractivity contribution is 5.94. The molecule has 0 radical (unpaired) electrons. The largest absolute Gasteiger partial charge is 0.456 e. The van der Waals surface area contributed by atoms with Gasteiger partial charge in [-0.15, -0.1) is 12.4 Å². The molecule has 0 bridgehead atoms. The number of rotatable bonds is 9. The number of pyridine rings is 1. The van der Waals surface area contributed by atoms with Gasteiger partial charge in [-0.25, -0.2) is 8.78 Å². The molecular formula is C23H23ClF2N4O3. The minimum absolute atomic E-state index is 0. The Hall–Kier alpha value is -3.56. The van der Waals surface area contributed by atoms with E-state index in [1.807, 2.05) is 0 Å². The molecule has 0 spiro atoms. The van der Waals surface area contributed by atoms with Crippen molar-refractivity contribution in [2.45, 2.75) is 19.6 Å². The van der Waals surface area contributed by atoms with Crippen LogP contribution in [-0.2, 0) is 16.1 Å². The second-order valence-electron chi connectivity index (χ2n) is 6.76. The van der Waals surface area contributed by atoms with Gasteiger partial charge in [0, 0.05) is 37.0 Å². The first-order valence-electron chi connectivity index (χ1n) is 9.78. The number of carbonyl (C=O) groups excluding carboxylic acids is 1. The van der Waals surface area contributed by atoms with Gasteiger partial charge in [-0.05, 0) is 24.6 Å². The van der Waals surface area contributed by atoms with Crippen molar-refractivity contribution in [2.24, 2.45) is 5.73 Å². The third-order valence-corrected chi connectivity index (χ3v) is 4.49. The Morgan fingerprint density at radius 2 is 1.82 bits per heavy atom. The fraction of sp³-hybridized carbons (Fsp3) is 0.174. The molecule has 0 saturated carbocycles. The highest BCUT2D eigenvalue weighted by Crippen LogP contribution is 2.30. The lowest BCUT2D eigenvalue weighted by Crippen LogP contribution is -2.31. The first-order chi connectivity index (χ1) is 15.4. The molecule has 0 aliphatic carbocycles. The maximum absolute atomic E-state index is 14.8. The standard InChI is InChI=1S/C23H22F2N4O3.ClH/c1-2-31-21(23(30)29-12-14-5-7-15(8-6-14)22(26)27)20-18(24)10-17(11-19(20)25)32-16-4-3-9-28-13-16;/h3-11,13,21H,2,12H2,1H3,(H3,26,27)(H,29,30);1H/t21-;/m0./s1. The van der Waals surface area contributed by atoms with Crippen molar-refractivity contribution in [3.05, 3.63) is 89.2 Å². The van der Waals surface area contributed by atoms with Crippen molar-refractivity contribution in [3.63, 3.8) is 0 Å². The van der Waals surface area contributed by atoms with Gasteiger partial charge in [0.15, 0.2) is 6.10 Å². The van der Waals surface area contributed by atoms with Crippen molar-refractivity contribution in [1.82, 2.24) is 10.3 Å². The van der Waals surface area contributed by atoms with Crippen molar-refractivity contribution < 1.29 is 23.0 Å². The van der Waals surface area contributed by atoms with Gasteiger partial charge in [-0.1, -0.05) is 24.3 Å². The predicted molar refractivity (Wildman–Crippen MR) is 122 cm³/mol. The van der Waals surface area contributed by atoms with Gasteiger partial charge in [0.05, 0.1) is 11.8 Å². The summed E-state index contributed by atoms with van der Waals surface area (Å²) in [6.45, 7) is 1.79. The van der Waals surface area contributed by atoms with E-state index < -0.39 is 29.2 Å². The molecule has 3 rings (SSSR count). The summed E-state index contributed by atoms with van der Waals surface area (Å²) in [5, 5.41) is 10.0. The first-order valence-corrected chi connectivity index (χ1v) is 9.78. The highest BCUT2D eigenvalue weighted by Gasteiger charge is 2.28. The van der Waals surface area contributed by atoms with E-state index in [-0.39, 0.29) is 37.1 Å². The van der Waals surface area contributed by atoms with Gasteiger partial charge in [0.1, 0.15) is 29.0 Å². The lowest BCUT2D eigenvalue weighted by molar-refractivity contribution is -0.133. The predicted octanol–water partition coefficient (Wildman–Crippen LogP) is 4.25. The van der Waals surface area contributed by atoms with Crippen LogP contribution in [-0.4, -0.2) is 23.3 Å². The summed E-state index contributed by atoms with van der Waals surface area (Å²) in [5.41, 5.74) is 6.18. The van der Waals surface area contributed by atoms with Crippen molar-refractivity contribution in [3.8, 4) is 11.5 Å². The number of nitrogen functional groups attached to an aromatic ring is 1. The number of aromatic nitrogens is 1. The Morgan fingerprint density at radius 3 is 2.36 bits per heavy atom. The fourth-order valence-corrected chi connectivity index (χ4v) is 2.95. The van der Waals surface area contributed by atoms with Crippen molar-refractivity contribution >= 4 is 24.1 Å². The second kappa shape index (κ2) is 11.9. The van der Waals surface area contributed by atoms with E-state index in [1.165, 1.54) is 6.20 Å². The number of amides is 1. The minimum Gasteiger partial charge on any atom is -0.456 e. The minimum atomic E-state index is -1.48. The molecule has 10 heteroatoms. The molecule has 4 N–H and O–H groups in total. The van der Waals surface area contributed by atoms with Crippen LogP contribution in [0.15, 0.2) is 60.9 Å². The molecule has 1 atom stereocenters. The van der Waals surface area contributed by atoms with E-state index in [2.05, 4.69) is 10.3 Å². The topological polar surface area (TPSA) is 110 Å². The van der Waals surface area contributed by atoms with Crippen LogP contribution in [0.2, 0.25) is 0 Å². The first kappa shape index (κ1) is 25.7. The molecule has 2 aromatic carbocycles. The summed E-state index contributed by atoms with van der Waals surface area (Å²) in [7, 11) is 0. The van der Waals surface area contributed by atoms with E-state index in [9.17, 15) is 13.6 Å². The molecule has 0 unspecified atom stereocenters. The summed E-state index contributed by atoms with van der Waals surface area (Å²) in [6, 6.07) is 11.9. The van der Waals surface area contributed by atoms with Gasteiger partial charge in [-0.3, -0.25) is 15.2 Å². The molecule has 1 aromatic heterocycles. The lowest BCUT2D eigenvalue weighted by Gasteiger charge is -2.19. The number of nitrogens with one attached hydrogen (secondary N) is 2. The second-order valence-corrected chi connectivity index (χ2v) is 6.76. The molecule has 1 amide bonds. The van der Waals surface area contributed by atoms with Crippen molar-refractivity contribution in [1.29, 1.82) is 5.41 Å². The number of benzene rings is 2. The van der Waals surface area contributed by atoms with Crippen LogP contribution < -0.4 is 15.8 Å². The monoisotopic (exact) mass is 476 g/mol. The number of hydrogen-bond acceptors (Lipinski definition) is 5. The Labute approximate surface area is 195 Å². The normalized spacial score (nSPS) is 11.2. The molecule has 174 valence electrons. The molecular weight excluding hydrogens is 454 g/mol. The number of nitrogens with two attached hydrogens (primary N) is 1. The van der Waals surface area contributed by atoms with E-state index >= 15 is 0 Å². The number of ether oxygens (including phenoxy) is 2. The van der Waals surface area contributed by atoms with Crippen molar-refractivity contribution in [2.75, 3.05) is 6.61 Å². The number of nitrogens with zero attached hydrogens (tertiary/aromatic N) is 1. The Balaban J connectivity index is 0.00000385. The van der Waals surface area contributed by atoms with Crippen LogP contribution in [0, 0.1) is 17.0 Å². The van der Waals surface area contributed by atoms with Gasteiger partial charge in [0.2, 0.25) is 0 Å². The number of carbonyl (C=O) groups is 1. The summed E-state index contributed by atoms with van der Waals surface area (Å²) in [4.78, 5) is 16.6. The van der Waals surface area contributed by atoms with Crippen LogP contribution in [0.4, 0.5) is 8.78 Å². The van der Waals surface area contributed by atoms with E-state index in [4.69, 9.17) is 20.6 Å². The molecule has 0 aliphatic rings. The summed E-state index contributed by atoms with van der Waals surface area (Å²) in [5.74, 6) is -2.46. The Kier molecular flexibility index (Phi) is 9.26. The van der Waals surface area contributed by atoms with E-state index in [0.29, 0.717) is 11.3 Å². The smallest absolute Gasteiger partial charge is 0.254 e. The summed E-state index contributed by atoms with van der Waals surface area (Å²) in [6.07, 6.45) is 1.47. The number of hydrogen-bond donors (Lipinski definition) is 3. The number of halogens is 3. The Morgan fingerprint density at radius 1 is 1.15 bits per heavy atom. The van der Waals surface area contributed by atoms with Crippen LogP contribution in [0.5, 0.6) is 11.5 Å².